The fourth-order valence-electron chi connectivity index (χ4n) is 2.22. The van der Waals surface area contributed by atoms with Crippen LogP contribution in [0.15, 0.2) is 0 Å². The Balaban J connectivity index is 3.03. The largest absolute Gasteiger partial charge is 0.462 e. The zero-order valence-corrected chi connectivity index (χ0v) is 13.7. The van der Waals surface area contributed by atoms with Crippen molar-refractivity contribution < 1.29 is 48.0 Å². The van der Waals surface area contributed by atoms with E-state index in [2.05, 4.69) is 0 Å². The number of esters is 4. The number of aliphatic hydroxyl groups excluding tert-OH is 1. The van der Waals surface area contributed by atoms with Gasteiger partial charge in [-0.2, -0.15) is 0 Å². The molecule has 1 aliphatic rings. The summed E-state index contributed by atoms with van der Waals surface area (Å²) in [5, 5.41) is 9.91. The maximum absolute atomic E-state index is 11.3. The van der Waals surface area contributed by atoms with Crippen LogP contribution in [0, 0.1) is 0 Å². The molecule has 0 spiro atoms. The van der Waals surface area contributed by atoms with Crippen LogP contribution in [-0.2, 0) is 42.9 Å². The van der Waals surface area contributed by atoms with E-state index in [-0.39, 0.29) is 0 Å². The molecule has 136 valence electrons. The monoisotopic (exact) mass is 348 g/mol. The molecule has 24 heavy (non-hydrogen) atoms. The van der Waals surface area contributed by atoms with Crippen molar-refractivity contribution in [1.29, 1.82) is 0 Å². The molecule has 1 rings (SSSR count). The molecule has 0 bridgehead atoms. The highest BCUT2D eigenvalue weighted by Crippen LogP contribution is 2.29. The minimum absolute atomic E-state index is 0.392. The van der Waals surface area contributed by atoms with Gasteiger partial charge in [0.2, 0.25) is 0 Å². The maximum Gasteiger partial charge on any atom is 0.303 e. The molecule has 1 saturated heterocycles. The second-order valence-electron chi connectivity index (χ2n) is 5.09. The van der Waals surface area contributed by atoms with Crippen LogP contribution in [0.4, 0.5) is 0 Å². The third-order valence-electron chi connectivity index (χ3n) is 2.96. The average Bonchev–Trinajstić information content (AvgIpc) is 2.70. The summed E-state index contributed by atoms with van der Waals surface area (Å²) in [7, 11) is 0. The summed E-state index contributed by atoms with van der Waals surface area (Å²) in [6.07, 6.45) is -6.55. The number of hydrogen-bond acceptors (Lipinski definition) is 10. The van der Waals surface area contributed by atoms with Gasteiger partial charge in [-0.25, -0.2) is 0 Å². The quantitative estimate of drug-likeness (QED) is 0.473. The van der Waals surface area contributed by atoms with E-state index in [9.17, 15) is 24.3 Å². The molecule has 0 saturated carbocycles. The van der Waals surface area contributed by atoms with Gasteiger partial charge in [-0.05, 0) is 0 Å². The van der Waals surface area contributed by atoms with Gasteiger partial charge in [0, 0.05) is 27.7 Å². The molecule has 0 unspecified atom stereocenters. The van der Waals surface area contributed by atoms with E-state index in [4.69, 9.17) is 23.7 Å². The Hall–Kier alpha value is -2.20. The summed E-state index contributed by atoms with van der Waals surface area (Å²) in [5.74, 6) is -2.80. The van der Waals surface area contributed by atoms with Crippen LogP contribution in [0.3, 0.4) is 0 Å². The van der Waals surface area contributed by atoms with Crippen LogP contribution in [0.2, 0.25) is 0 Å². The van der Waals surface area contributed by atoms with Gasteiger partial charge >= 0.3 is 23.9 Å². The number of rotatable bonds is 6. The van der Waals surface area contributed by atoms with Crippen molar-refractivity contribution in [3.05, 3.63) is 0 Å². The molecule has 0 radical (unpaired) electrons. The smallest absolute Gasteiger partial charge is 0.303 e. The Kier molecular flexibility index (Phi) is 7.11. The zero-order chi connectivity index (χ0) is 18.4. The van der Waals surface area contributed by atoms with Crippen molar-refractivity contribution in [3.63, 3.8) is 0 Å². The first kappa shape index (κ1) is 19.8. The van der Waals surface area contributed by atoms with Gasteiger partial charge in [0.05, 0.1) is 0 Å². The number of hydrogen-bond donors (Lipinski definition) is 1. The standard InChI is InChI=1S/C14H20O10/c1-6(15)20-5-10(21-7(2)16)11-12(22-8(3)17)13(14(19)24-11)23-9(4)18/h10-14,19H,5H2,1-4H3/t10-,11-,12-,13-,14-/m1/s1. The minimum atomic E-state index is -1.61. The molecule has 0 aromatic carbocycles. The van der Waals surface area contributed by atoms with Crippen LogP contribution in [0.25, 0.3) is 0 Å². The number of carbonyl (C=O) groups excluding carboxylic acids is 4. The van der Waals surface area contributed by atoms with Crippen LogP contribution in [0.5, 0.6) is 0 Å². The first-order valence-corrected chi connectivity index (χ1v) is 7.10. The third-order valence-corrected chi connectivity index (χ3v) is 2.96. The lowest BCUT2D eigenvalue weighted by molar-refractivity contribution is -0.184. The van der Waals surface area contributed by atoms with Crippen LogP contribution in [0.1, 0.15) is 27.7 Å². The molecule has 1 heterocycles. The molecule has 10 nitrogen and oxygen atoms in total. The van der Waals surface area contributed by atoms with Gasteiger partial charge in [-0.15, -0.1) is 0 Å². The van der Waals surface area contributed by atoms with Crippen LogP contribution in [-0.4, -0.2) is 66.3 Å². The van der Waals surface area contributed by atoms with Gasteiger partial charge in [0.1, 0.15) is 12.7 Å². The van der Waals surface area contributed by atoms with E-state index >= 15 is 0 Å². The first-order chi connectivity index (χ1) is 11.1. The second kappa shape index (κ2) is 8.60. The molecule has 0 aliphatic carbocycles. The van der Waals surface area contributed by atoms with Gasteiger partial charge in [0.15, 0.2) is 24.6 Å². The van der Waals surface area contributed by atoms with Gasteiger partial charge in [-0.1, -0.05) is 0 Å². The Morgan fingerprint density at radius 2 is 1.46 bits per heavy atom. The topological polar surface area (TPSA) is 135 Å². The summed E-state index contributed by atoms with van der Waals surface area (Å²) in [5.41, 5.74) is 0. The summed E-state index contributed by atoms with van der Waals surface area (Å²) < 4.78 is 25.0. The highest BCUT2D eigenvalue weighted by atomic mass is 16.7. The number of carbonyl (C=O) groups is 4. The van der Waals surface area contributed by atoms with Crippen LogP contribution >= 0.6 is 0 Å². The van der Waals surface area contributed by atoms with Crippen molar-refractivity contribution in [2.45, 2.75) is 58.4 Å². The van der Waals surface area contributed by atoms with E-state index < -0.39 is 61.2 Å². The lowest BCUT2D eigenvalue weighted by Crippen LogP contribution is -2.46. The summed E-state index contributed by atoms with van der Waals surface area (Å²) in [6.45, 7) is 4.10. The predicted octanol–water partition coefficient (Wildman–Crippen LogP) is -0.938. The Bertz CT molecular complexity index is 502. The molecule has 0 amide bonds. The van der Waals surface area contributed by atoms with Gasteiger partial charge in [0.25, 0.3) is 0 Å². The highest BCUT2D eigenvalue weighted by Gasteiger charge is 2.52. The third kappa shape index (κ3) is 5.78. The first-order valence-electron chi connectivity index (χ1n) is 7.10. The van der Waals surface area contributed by atoms with Crippen molar-refractivity contribution in [2.24, 2.45) is 0 Å². The van der Waals surface area contributed by atoms with Gasteiger partial charge in [-0.3, -0.25) is 19.2 Å². The minimum Gasteiger partial charge on any atom is -0.462 e. The normalized spacial score (nSPS) is 27.0. The van der Waals surface area contributed by atoms with Crippen LogP contribution < -0.4 is 0 Å². The number of aliphatic hydroxyl groups is 1. The fraction of sp³-hybridized carbons (Fsp3) is 0.714. The molecule has 1 aliphatic heterocycles. The van der Waals surface area contributed by atoms with E-state index in [1.54, 1.807) is 0 Å². The molecule has 1 fully saturated rings. The second-order valence-corrected chi connectivity index (χ2v) is 5.09. The Morgan fingerprint density at radius 3 is 1.92 bits per heavy atom. The molecule has 1 N–H and O–H groups in total. The maximum atomic E-state index is 11.3. The molecule has 0 aromatic rings. The van der Waals surface area contributed by atoms with E-state index in [1.165, 1.54) is 0 Å². The molecule has 5 atom stereocenters. The Morgan fingerprint density at radius 1 is 0.917 bits per heavy atom. The molecular formula is C14H20O10. The highest BCUT2D eigenvalue weighted by molar-refractivity contribution is 5.68. The van der Waals surface area contributed by atoms with E-state index in [1.807, 2.05) is 0 Å². The van der Waals surface area contributed by atoms with Gasteiger partial charge < -0.3 is 28.8 Å². The van der Waals surface area contributed by atoms with Crippen molar-refractivity contribution in [1.82, 2.24) is 0 Å². The van der Waals surface area contributed by atoms with E-state index in [0.717, 1.165) is 27.7 Å². The SMILES string of the molecule is CC(=O)OC[C@@H](OC(C)=O)[C@H]1O[C@@H](O)[C@H](OC(C)=O)[C@@H]1OC(C)=O. The fourth-order valence-corrected chi connectivity index (χ4v) is 2.22. The lowest BCUT2D eigenvalue weighted by Gasteiger charge is -2.27. The summed E-state index contributed by atoms with van der Waals surface area (Å²) in [6, 6.07) is 0. The van der Waals surface area contributed by atoms with Crippen molar-refractivity contribution in [2.75, 3.05) is 6.61 Å². The zero-order valence-electron chi connectivity index (χ0n) is 13.7. The van der Waals surface area contributed by atoms with Crippen molar-refractivity contribution in [3.8, 4) is 0 Å². The summed E-state index contributed by atoms with van der Waals surface area (Å²) in [4.78, 5) is 44.7. The molecule has 10 heteroatoms. The molecule has 0 aromatic heterocycles. The Labute approximate surface area is 137 Å². The van der Waals surface area contributed by atoms with E-state index in [0.29, 0.717) is 0 Å². The predicted molar refractivity (Wildman–Crippen MR) is 74.2 cm³/mol. The number of ether oxygens (including phenoxy) is 5. The lowest BCUT2D eigenvalue weighted by atomic mass is 10.1. The average molecular weight is 348 g/mol. The summed E-state index contributed by atoms with van der Waals surface area (Å²) >= 11 is 0. The van der Waals surface area contributed by atoms with Crippen molar-refractivity contribution >= 4 is 23.9 Å². The molecular weight excluding hydrogens is 328 g/mol.